The molecule has 3 aromatic rings. The first kappa shape index (κ1) is 17.9. The Bertz CT molecular complexity index is 894. The van der Waals surface area contributed by atoms with E-state index in [4.69, 9.17) is 15.1 Å². The number of hydrogen-bond acceptors (Lipinski definition) is 5. The van der Waals surface area contributed by atoms with Gasteiger partial charge >= 0.3 is 0 Å². The van der Waals surface area contributed by atoms with Gasteiger partial charge in [-0.05, 0) is 38.4 Å². The Balaban J connectivity index is 1.88. The second-order valence-corrected chi connectivity index (χ2v) is 7.19. The monoisotopic (exact) mass is 364 g/mol. The molecule has 0 aliphatic carbocycles. The lowest BCUT2D eigenvalue weighted by atomic mass is 10.2. The summed E-state index contributed by atoms with van der Waals surface area (Å²) in [7, 11) is 0. The predicted octanol–water partition coefficient (Wildman–Crippen LogP) is 3.27. The minimum absolute atomic E-state index is 0.907. The molecule has 1 aliphatic rings. The highest BCUT2D eigenvalue weighted by Crippen LogP contribution is 2.29. The molecule has 0 spiro atoms. The normalized spacial score (nSPS) is 15.3. The van der Waals surface area contributed by atoms with E-state index in [0.717, 1.165) is 85.9 Å². The summed E-state index contributed by atoms with van der Waals surface area (Å²) in [6, 6.07) is 10.3. The zero-order chi connectivity index (χ0) is 18.6. The van der Waals surface area contributed by atoms with Gasteiger partial charge in [0.05, 0.1) is 16.8 Å². The summed E-state index contributed by atoms with van der Waals surface area (Å²) >= 11 is 0. The Hall–Kier alpha value is -2.47. The minimum atomic E-state index is 0.907. The van der Waals surface area contributed by atoms with Gasteiger partial charge in [-0.1, -0.05) is 31.5 Å². The number of aromatic nitrogens is 4. The van der Waals surface area contributed by atoms with Gasteiger partial charge < -0.3 is 10.2 Å². The van der Waals surface area contributed by atoms with E-state index < -0.39 is 0 Å². The number of hydrogen-bond donors (Lipinski definition) is 1. The Labute approximate surface area is 160 Å². The molecule has 4 rings (SSSR count). The molecular weight excluding hydrogens is 336 g/mol. The fourth-order valence-electron chi connectivity index (χ4n) is 3.69. The molecule has 3 heterocycles. The van der Waals surface area contributed by atoms with Crippen LogP contribution in [0.3, 0.4) is 0 Å². The summed E-state index contributed by atoms with van der Waals surface area (Å²) in [4.78, 5) is 12.3. The van der Waals surface area contributed by atoms with E-state index in [2.05, 4.69) is 36.2 Å². The lowest BCUT2D eigenvalue weighted by molar-refractivity contribution is 0.724. The Kier molecular flexibility index (Phi) is 5.34. The quantitative estimate of drug-likeness (QED) is 0.753. The van der Waals surface area contributed by atoms with Gasteiger partial charge in [0, 0.05) is 26.1 Å². The first-order chi connectivity index (χ1) is 13.3. The van der Waals surface area contributed by atoms with E-state index in [-0.39, 0.29) is 0 Å². The molecule has 1 aliphatic heterocycles. The van der Waals surface area contributed by atoms with Crippen molar-refractivity contribution >= 4 is 16.9 Å². The summed E-state index contributed by atoms with van der Waals surface area (Å²) in [5, 5.41) is 9.40. The Morgan fingerprint density at radius 1 is 1.07 bits per heavy atom. The molecule has 2 aromatic heterocycles. The first-order valence-electron chi connectivity index (χ1n) is 10.0. The van der Waals surface area contributed by atoms with Gasteiger partial charge in [0.2, 0.25) is 0 Å². The maximum absolute atomic E-state index is 5.01. The van der Waals surface area contributed by atoms with Crippen molar-refractivity contribution in [1.29, 1.82) is 0 Å². The summed E-state index contributed by atoms with van der Waals surface area (Å²) in [5.41, 5.74) is 2.95. The van der Waals surface area contributed by atoms with E-state index in [1.807, 2.05) is 22.9 Å². The van der Waals surface area contributed by atoms with Crippen molar-refractivity contribution in [3.63, 3.8) is 0 Å². The molecule has 6 heteroatoms. The van der Waals surface area contributed by atoms with Gasteiger partial charge in [-0.25, -0.2) is 14.6 Å². The largest absolute Gasteiger partial charge is 0.355 e. The molecular formula is C21H28N6. The summed E-state index contributed by atoms with van der Waals surface area (Å²) < 4.78 is 1.97. The summed E-state index contributed by atoms with van der Waals surface area (Å²) in [6.45, 7) is 8.31. The number of aryl methyl sites for hydroxylation is 2. The van der Waals surface area contributed by atoms with Crippen molar-refractivity contribution in [2.45, 2.75) is 39.5 Å². The van der Waals surface area contributed by atoms with Gasteiger partial charge in [0.15, 0.2) is 5.65 Å². The highest BCUT2D eigenvalue weighted by atomic mass is 15.3. The minimum Gasteiger partial charge on any atom is -0.355 e. The zero-order valence-electron chi connectivity index (χ0n) is 16.3. The Morgan fingerprint density at radius 3 is 2.74 bits per heavy atom. The van der Waals surface area contributed by atoms with Crippen LogP contribution in [0.1, 0.15) is 37.7 Å². The third kappa shape index (κ3) is 3.67. The third-order valence-corrected chi connectivity index (χ3v) is 5.12. The molecule has 1 fully saturated rings. The van der Waals surface area contributed by atoms with Gasteiger partial charge in [-0.2, -0.15) is 5.10 Å². The molecule has 0 atom stereocenters. The van der Waals surface area contributed by atoms with E-state index >= 15 is 0 Å². The van der Waals surface area contributed by atoms with E-state index in [1.165, 1.54) is 0 Å². The van der Waals surface area contributed by atoms with Crippen LogP contribution in [0.25, 0.3) is 16.7 Å². The van der Waals surface area contributed by atoms with E-state index in [1.54, 1.807) is 0 Å². The van der Waals surface area contributed by atoms with Crippen LogP contribution in [-0.4, -0.2) is 45.9 Å². The average molecular weight is 364 g/mol. The van der Waals surface area contributed by atoms with Crippen LogP contribution in [0.5, 0.6) is 0 Å². The first-order valence-corrected chi connectivity index (χ1v) is 10.0. The van der Waals surface area contributed by atoms with Crippen molar-refractivity contribution in [2.75, 3.05) is 31.1 Å². The van der Waals surface area contributed by atoms with Crippen LogP contribution in [-0.2, 0) is 6.42 Å². The van der Waals surface area contributed by atoms with Crippen molar-refractivity contribution in [1.82, 2.24) is 25.1 Å². The van der Waals surface area contributed by atoms with Crippen molar-refractivity contribution in [3.05, 3.63) is 41.9 Å². The lowest BCUT2D eigenvalue weighted by Gasteiger charge is -2.22. The number of nitrogens with one attached hydrogen (secondary N) is 1. The van der Waals surface area contributed by atoms with Crippen molar-refractivity contribution in [2.24, 2.45) is 0 Å². The molecule has 1 saturated heterocycles. The van der Waals surface area contributed by atoms with Gasteiger partial charge in [0.25, 0.3) is 0 Å². The third-order valence-electron chi connectivity index (χ3n) is 5.12. The molecule has 0 amide bonds. The van der Waals surface area contributed by atoms with E-state index in [0.29, 0.717) is 0 Å². The molecule has 27 heavy (non-hydrogen) atoms. The van der Waals surface area contributed by atoms with Crippen LogP contribution in [0.15, 0.2) is 30.3 Å². The topological polar surface area (TPSA) is 58.9 Å². The maximum atomic E-state index is 5.01. The fourth-order valence-corrected chi connectivity index (χ4v) is 3.69. The second-order valence-electron chi connectivity index (χ2n) is 7.19. The standard InChI is InChI=1S/C21H28N6/c1-3-4-11-18-23-20(26-14-8-12-22-13-15-26)19-16(2)25-27(21(19)24-18)17-9-6-5-7-10-17/h5-7,9-10,22H,3-4,8,11-15H2,1-2H3. The molecule has 1 N–H and O–H groups in total. The smallest absolute Gasteiger partial charge is 0.168 e. The number of unbranched alkanes of at least 4 members (excludes halogenated alkanes) is 1. The van der Waals surface area contributed by atoms with Gasteiger partial charge in [0.1, 0.15) is 11.6 Å². The van der Waals surface area contributed by atoms with Crippen LogP contribution >= 0.6 is 0 Å². The number of para-hydroxylation sites is 1. The van der Waals surface area contributed by atoms with Crippen LogP contribution in [0, 0.1) is 6.92 Å². The SMILES string of the molecule is CCCCc1nc(N2CCCNCC2)c2c(C)nn(-c3ccccc3)c2n1. The van der Waals surface area contributed by atoms with Gasteiger partial charge in [-0.15, -0.1) is 0 Å². The molecule has 0 radical (unpaired) electrons. The number of rotatable bonds is 5. The second kappa shape index (κ2) is 8.05. The number of fused-ring (bicyclic) bond motifs is 1. The molecule has 0 saturated carbocycles. The van der Waals surface area contributed by atoms with E-state index in [9.17, 15) is 0 Å². The zero-order valence-corrected chi connectivity index (χ0v) is 16.3. The molecule has 142 valence electrons. The van der Waals surface area contributed by atoms with Crippen LogP contribution in [0.4, 0.5) is 5.82 Å². The maximum Gasteiger partial charge on any atom is 0.168 e. The van der Waals surface area contributed by atoms with Crippen LogP contribution in [0.2, 0.25) is 0 Å². The fraction of sp³-hybridized carbons (Fsp3) is 0.476. The predicted molar refractivity (Wildman–Crippen MR) is 110 cm³/mol. The van der Waals surface area contributed by atoms with Gasteiger partial charge in [-0.3, -0.25) is 0 Å². The summed E-state index contributed by atoms with van der Waals surface area (Å²) in [5.74, 6) is 1.98. The lowest BCUT2D eigenvalue weighted by Crippen LogP contribution is -2.29. The highest BCUT2D eigenvalue weighted by molar-refractivity contribution is 5.91. The molecule has 0 bridgehead atoms. The highest BCUT2D eigenvalue weighted by Gasteiger charge is 2.22. The average Bonchev–Trinajstić information content (AvgIpc) is 2.88. The van der Waals surface area contributed by atoms with Crippen LogP contribution < -0.4 is 10.2 Å². The van der Waals surface area contributed by atoms with Crippen molar-refractivity contribution < 1.29 is 0 Å². The summed E-state index contributed by atoms with van der Waals surface area (Å²) in [6.07, 6.45) is 4.28. The number of nitrogens with zero attached hydrogens (tertiary/aromatic N) is 5. The van der Waals surface area contributed by atoms with Crippen molar-refractivity contribution in [3.8, 4) is 5.69 Å². The Morgan fingerprint density at radius 2 is 1.93 bits per heavy atom. The molecule has 1 aromatic carbocycles. The molecule has 6 nitrogen and oxygen atoms in total. The number of anilines is 1. The number of benzene rings is 1. The molecule has 0 unspecified atom stereocenters.